The first kappa shape index (κ1) is 21.2. The molecule has 0 saturated carbocycles. The molecule has 0 amide bonds. The number of aliphatic carboxylic acids is 1. The number of rotatable bonds is 7. The number of alkyl halides is 1. The lowest BCUT2D eigenvalue weighted by atomic mass is 9.98. The highest BCUT2D eigenvalue weighted by molar-refractivity contribution is 5.94. The van der Waals surface area contributed by atoms with Crippen molar-refractivity contribution in [3.05, 3.63) is 60.2 Å². The molecule has 138 valence electrons. The lowest BCUT2D eigenvalue weighted by molar-refractivity contribution is -0.140. The zero-order chi connectivity index (χ0) is 19.5. The van der Waals surface area contributed by atoms with Crippen molar-refractivity contribution < 1.29 is 23.9 Å². The predicted octanol–water partition coefficient (Wildman–Crippen LogP) is 4.58. The molecule has 0 aliphatic rings. The molecule has 0 heterocycles. The fourth-order valence-electron chi connectivity index (χ4n) is 2.33. The molecule has 2 aromatic carbocycles. The average molecular weight is 358 g/mol. The molecule has 2 aromatic rings. The average Bonchev–Trinajstić information content (AvgIpc) is 2.66. The van der Waals surface area contributed by atoms with Crippen molar-refractivity contribution in [1.29, 1.82) is 0 Å². The normalized spacial score (nSPS) is 11.0. The number of Topliss-reactive ketones (excluding diaryl/α,β-unsaturated/α-hetero) is 2. The van der Waals surface area contributed by atoms with E-state index in [4.69, 9.17) is 5.11 Å². The van der Waals surface area contributed by atoms with Crippen molar-refractivity contribution in [2.45, 2.75) is 26.7 Å². The third-order valence-electron chi connectivity index (χ3n) is 3.90. The Labute approximate surface area is 152 Å². The summed E-state index contributed by atoms with van der Waals surface area (Å²) in [6, 6.07) is 17.8. The van der Waals surface area contributed by atoms with Crippen molar-refractivity contribution in [2.24, 2.45) is 5.92 Å². The van der Waals surface area contributed by atoms with Crippen molar-refractivity contribution in [3.63, 3.8) is 0 Å². The quantitative estimate of drug-likeness (QED) is 0.735. The lowest BCUT2D eigenvalue weighted by Crippen LogP contribution is -2.18. The van der Waals surface area contributed by atoms with Crippen LogP contribution in [-0.2, 0) is 9.59 Å². The zero-order valence-electron chi connectivity index (χ0n) is 14.9. The second kappa shape index (κ2) is 10.9. The molecule has 5 heteroatoms. The molecule has 0 saturated heterocycles. The summed E-state index contributed by atoms with van der Waals surface area (Å²) in [5.41, 5.74) is 3.07. The van der Waals surface area contributed by atoms with Gasteiger partial charge in [0.15, 0.2) is 11.6 Å². The van der Waals surface area contributed by atoms with Gasteiger partial charge < -0.3 is 5.11 Å². The second-order valence-corrected chi connectivity index (χ2v) is 5.80. The van der Waals surface area contributed by atoms with E-state index in [9.17, 15) is 18.8 Å². The van der Waals surface area contributed by atoms with Gasteiger partial charge in [-0.15, -0.1) is 0 Å². The van der Waals surface area contributed by atoms with Gasteiger partial charge in [0, 0.05) is 11.5 Å². The standard InChI is InChI=1S/C14H12O.C7H11FO3/c1-11(15)12-7-9-14(10-8-12)13-5-3-2-4-6-13;1-2-5(3-7(10)11)6(9)4-8/h2-10H,1H3;5H,2-4H2,1H3,(H,10,11). The number of hydrogen-bond donors (Lipinski definition) is 1. The van der Waals surface area contributed by atoms with Crippen LogP contribution in [-0.4, -0.2) is 29.3 Å². The number of hydrogen-bond acceptors (Lipinski definition) is 3. The number of carboxylic acids is 1. The molecule has 0 aliphatic heterocycles. The van der Waals surface area contributed by atoms with E-state index in [1.165, 1.54) is 5.56 Å². The minimum Gasteiger partial charge on any atom is -0.481 e. The third kappa shape index (κ3) is 6.97. The largest absolute Gasteiger partial charge is 0.481 e. The summed E-state index contributed by atoms with van der Waals surface area (Å²) in [5.74, 6) is -2.22. The van der Waals surface area contributed by atoms with E-state index in [0.29, 0.717) is 6.42 Å². The van der Waals surface area contributed by atoms with Crippen LogP contribution in [0.5, 0.6) is 0 Å². The van der Waals surface area contributed by atoms with Gasteiger partial charge in [0.2, 0.25) is 0 Å². The summed E-state index contributed by atoms with van der Waals surface area (Å²) in [7, 11) is 0. The number of carbonyl (C=O) groups is 3. The molecule has 0 aliphatic carbocycles. The molecule has 0 aromatic heterocycles. The van der Waals surface area contributed by atoms with Crippen LogP contribution in [0.2, 0.25) is 0 Å². The van der Waals surface area contributed by atoms with Gasteiger partial charge >= 0.3 is 5.97 Å². The number of carboxylic acid groups (broad SMARTS) is 1. The van der Waals surface area contributed by atoms with Gasteiger partial charge in [0.05, 0.1) is 6.42 Å². The van der Waals surface area contributed by atoms with Crippen LogP contribution in [0.1, 0.15) is 37.0 Å². The molecule has 0 radical (unpaired) electrons. The molecule has 1 N–H and O–H groups in total. The van der Waals surface area contributed by atoms with Crippen molar-refractivity contribution >= 4 is 17.5 Å². The number of ketones is 2. The molecule has 2 rings (SSSR count). The lowest BCUT2D eigenvalue weighted by Gasteiger charge is -2.06. The van der Waals surface area contributed by atoms with E-state index < -0.39 is 24.3 Å². The van der Waals surface area contributed by atoms with Crippen LogP contribution in [0.4, 0.5) is 4.39 Å². The highest BCUT2D eigenvalue weighted by atomic mass is 19.1. The molecular weight excluding hydrogens is 335 g/mol. The predicted molar refractivity (Wildman–Crippen MR) is 98.9 cm³/mol. The molecule has 0 spiro atoms. The van der Waals surface area contributed by atoms with Crippen LogP contribution < -0.4 is 0 Å². The van der Waals surface area contributed by atoms with Crippen LogP contribution in [0.25, 0.3) is 11.1 Å². The third-order valence-corrected chi connectivity index (χ3v) is 3.90. The van der Waals surface area contributed by atoms with Gasteiger partial charge in [-0.2, -0.15) is 0 Å². The number of carbonyl (C=O) groups excluding carboxylic acids is 2. The van der Waals surface area contributed by atoms with Crippen molar-refractivity contribution in [1.82, 2.24) is 0 Å². The monoisotopic (exact) mass is 358 g/mol. The SMILES string of the molecule is CC(=O)c1ccc(-c2ccccc2)cc1.CCC(CC(=O)O)C(=O)CF. The smallest absolute Gasteiger partial charge is 0.304 e. The molecule has 0 fully saturated rings. The number of halogens is 1. The van der Waals surface area contributed by atoms with Gasteiger partial charge in [0.1, 0.15) is 6.67 Å². The Morgan fingerprint density at radius 2 is 1.50 bits per heavy atom. The fourth-order valence-corrected chi connectivity index (χ4v) is 2.33. The Morgan fingerprint density at radius 3 is 1.92 bits per heavy atom. The van der Waals surface area contributed by atoms with E-state index in [0.717, 1.165) is 11.1 Å². The fraction of sp³-hybridized carbons (Fsp3) is 0.286. The molecule has 1 atom stereocenters. The first-order valence-corrected chi connectivity index (χ1v) is 8.35. The second-order valence-electron chi connectivity index (χ2n) is 5.80. The van der Waals surface area contributed by atoms with E-state index in [1.54, 1.807) is 13.8 Å². The highest BCUT2D eigenvalue weighted by Gasteiger charge is 2.18. The maximum absolute atomic E-state index is 11.7. The van der Waals surface area contributed by atoms with Gasteiger partial charge in [-0.05, 0) is 24.5 Å². The first-order chi connectivity index (χ1) is 12.4. The Bertz CT molecular complexity index is 723. The summed E-state index contributed by atoms with van der Waals surface area (Å²) in [4.78, 5) is 31.8. The van der Waals surface area contributed by atoms with Crippen molar-refractivity contribution in [3.8, 4) is 11.1 Å². The summed E-state index contributed by atoms with van der Waals surface area (Å²) < 4.78 is 11.7. The summed E-state index contributed by atoms with van der Waals surface area (Å²) in [6.45, 7) is 2.18. The minimum absolute atomic E-state index is 0.106. The summed E-state index contributed by atoms with van der Waals surface area (Å²) in [6.07, 6.45) is 0.119. The Hall–Kier alpha value is -2.82. The Morgan fingerprint density at radius 1 is 0.962 bits per heavy atom. The van der Waals surface area contributed by atoms with Crippen molar-refractivity contribution in [2.75, 3.05) is 6.67 Å². The van der Waals surface area contributed by atoms with E-state index in [2.05, 4.69) is 12.1 Å². The molecule has 26 heavy (non-hydrogen) atoms. The Balaban J connectivity index is 0.000000276. The topological polar surface area (TPSA) is 71.4 Å². The van der Waals surface area contributed by atoms with Crippen LogP contribution in [0.3, 0.4) is 0 Å². The van der Waals surface area contributed by atoms with Crippen LogP contribution in [0.15, 0.2) is 54.6 Å². The molecule has 1 unspecified atom stereocenters. The number of benzene rings is 2. The maximum Gasteiger partial charge on any atom is 0.304 e. The maximum atomic E-state index is 11.7. The van der Waals surface area contributed by atoms with Crippen LogP contribution in [0, 0.1) is 5.92 Å². The first-order valence-electron chi connectivity index (χ1n) is 8.35. The summed E-state index contributed by atoms with van der Waals surface area (Å²) in [5, 5.41) is 8.28. The molecular formula is C21H23FO4. The van der Waals surface area contributed by atoms with E-state index >= 15 is 0 Å². The van der Waals surface area contributed by atoms with E-state index in [1.807, 2.05) is 42.5 Å². The summed E-state index contributed by atoms with van der Waals surface area (Å²) >= 11 is 0. The molecule has 4 nitrogen and oxygen atoms in total. The van der Waals surface area contributed by atoms with Gasteiger partial charge in [-0.25, -0.2) is 4.39 Å². The molecule has 0 bridgehead atoms. The van der Waals surface area contributed by atoms with Gasteiger partial charge in [-0.3, -0.25) is 14.4 Å². The highest BCUT2D eigenvalue weighted by Crippen LogP contribution is 2.19. The van der Waals surface area contributed by atoms with E-state index in [-0.39, 0.29) is 12.2 Å². The zero-order valence-corrected chi connectivity index (χ0v) is 14.9. The minimum atomic E-state index is -1.06. The van der Waals surface area contributed by atoms with Gasteiger partial charge in [-0.1, -0.05) is 61.5 Å². The Kier molecular flexibility index (Phi) is 8.92. The van der Waals surface area contributed by atoms with Gasteiger partial charge in [0.25, 0.3) is 0 Å². The van der Waals surface area contributed by atoms with Crippen LogP contribution >= 0.6 is 0 Å².